The van der Waals surface area contributed by atoms with E-state index in [4.69, 9.17) is 10.3 Å². The minimum Gasteiger partial charge on any atom is -0.339 e. The van der Waals surface area contributed by atoms with E-state index in [2.05, 4.69) is 21.5 Å². The quantitative estimate of drug-likeness (QED) is 0.739. The highest BCUT2D eigenvalue weighted by Crippen LogP contribution is 2.27. The summed E-state index contributed by atoms with van der Waals surface area (Å²) in [4.78, 5) is 16.7. The molecule has 1 unspecified atom stereocenters. The third-order valence-electron chi connectivity index (χ3n) is 4.73. The van der Waals surface area contributed by atoms with E-state index in [0.29, 0.717) is 31.1 Å². The molecule has 2 heterocycles. The lowest BCUT2D eigenvalue weighted by Gasteiger charge is -2.24. The van der Waals surface area contributed by atoms with Gasteiger partial charge in [0.25, 0.3) is 0 Å². The predicted molar refractivity (Wildman–Crippen MR) is 98.2 cm³/mol. The molecule has 26 heavy (non-hydrogen) atoms. The van der Waals surface area contributed by atoms with Gasteiger partial charge in [-0.25, -0.2) is 0 Å². The Labute approximate surface area is 151 Å². The second-order valence-electron chi connectivity index (χ2n) is 6.50. The monoisotopic (exact) mass is 348 g/mol. The zero-order chi connectivity index (χ0) is 17.9. The fraction of sp³-hybridized carbons (Fsp3) is 0.250. The molecule has 1 atom stereocenters. The van der Waals surface area contributed by atoms with E-state index in [1.165, 1.54) is 5.56 Å². The molecule has 0 radical (unpaired) electrons. The zero-order valence-electron chi connectivity index (χ0n) is 14.3. The Morgan fingerprint density at radius 1 is 1.15 bits per heavy atom. The van der Waals surface area contributed by atoms with E-state index in [1.807, 2.05) is 42.5 Å². The SMILES string of the molecule is NCc1ccc(-c2noc(CCC3Cc4ccccc4NC3=O)n2)cc1. The van der Waals surface area contributed by atoms with Gasteiger partial charge in [0.2, 0.25) is 17.6 Å². The molecular formula is C20H20N4O2. The highest BCUT2D eigenvalue weighted by molar-refractivity contribution is 5.95. The number of para-hydroxylation sites is 1. The van der Waals surface area contributed by atoms with Gasteiger partial charge in [0.1, 0.15) is 0 Å². The van der Waals surface area contributed by atoms with Crippen LogP contribution in [0.25, 0.3) is 11.4 Å². The van der Waals surface area contributed by atoms with Crippen molar-refractivity contribution in [2.24, 2.45) is 11.7 Å². The zero-order valence-corrected chi connectivity index (χ0v) is 14.3. The van der Waals surface area contributed by atoms with Gasteiger partial charge < -0.3 is 15.6 Å². The molecule has 2 aromatic carbocycles. The van der Waals surface area contributed by atoms with Crippen LogP contribution in [-0.4, -0.2) is 16.0 Å². The maximum Gasteiger partial charge on any atom is 0.227 e. The predicted octanol–water partition coefficient (Wildman–Crippen LogP) is 2.94. The van der Waals surface area contributed by atoms with Crippen LogP contribution in [0.4, 0.5) is 5.69 Å². The van der Waals surface area contributed by atoms with Crippen molar-refractivity contribution in [2.75, 3.05) is 5.32 Å². The Kier molecular flexibility index (Phi) is 4.50. The van der Waals surface area contributed by atoms with E-state index in [-0.39, 0.29) is 11.8 Å². The van der Waals surface area contributed by atoms with E-state index in [0.717, 1.165) is 23.2 Å². The van der Waals surface area contributed by atoms with Crippen molar-refractivity contribution in [3.63, 3.8) is 0 Å². The van der Waals surface area contributed by atoms with Crippen molar-refractivity contribution >= 4 is 11.6 Å². The highest BCUT2D eigenvalue weighted by atomic mass is 16.5. The summed E-state index contributed by atoms with van der Waals surface area (Å²) in [5.41, 5.74) is 9.64. The molecule has 0 spiro atoms. The van der Waals surface area contributed by atoms with Gasteiger partial charge >= 0.3 is 0 Å². The van der Waals surface area contributed by atoms with Crippen molar-refractivity contribution in [1.82, 2.24) is 10.1 Å². The van der Waals surface area contributed by atoms with Gasteiger partial charge in [-0.05, 0) is 30.0 Å². The lowest BCUT2D eigenvalue weighted by Crippen LogP contribution is -2.30. The molecule has 1 aromatic heterocycles. The number of aromatic nitrogens is 2. The Bertz CT molecular complexity index is 918. The van der Waals surface area contributed by atoms with Crippen molar-refractivity contribution in [2.45, 2.75) is 25.8 Å². The molecule has 0 saturated heterocycles. The van der Waals surface area contributed by atoms with Crippen LogP contribution < -0.4 is 11.1 Å². The Balaban J connectivity index is 1.41. The van der Waals surface area contributed by atoms with Crippen molar-refractivity contribution in [3.05, 3.63) is 65.5 Å². The van der Waals surface area contributed by atoms with Crippen LogP contribution in [0.2, 0.25) is 0 Å². The standard InChI is InChI=1S/C20H20N4O2/c21-12-13-5-7-14(8-6-13)19-23-18(26-24-19)10-9-16-11-15-3-1-2-4-17(15)22-20(16)25/h1-8,16H,9-12,21H2,(H,22,25). The maximum absolute atomic E-state index is 12.3. The number of aryl methyl sites for hydroxylation is 1. The highest BCUT2D eigenvalue weighted by Gasteiger charge is 2.26. The number of nitrogens with zero attached hydrogens (tertiary/aromatic N) is 2. The van der Waals surface area contributed by atoms with Gasteiger partial charge in [-0.15, -0.1) is 0 Å². The van der Waals surface area contributed by atoms with Gasteiger partial charge in [-0.1, -0.05) is 47.6 Å². The molecule has 0 fully saturated rings. The lowest BCUT2D eigenvalue weighted by molar-refractivity contribution is -0.120. The molecule has 3 N–H and O–H groups in total. The number of carbonyl (C=O) groups excluding carboxylic acids is 1. The minimum atomic E-state index is -0.0795. The molecule has 0 bridgehead atoms. The second-order valence-corrected chi connectivity index (χ2v) is 6.50. The first-order valence-corrected chi connectivity index (χ1v) is 8.73. The molecule has 4 rings (SSSR count). The molecule has 1 aliphatic rings. The lowest BCUT2D eigenvalue weighted by atomic mass is 9.90. The topological polar surface area (TPSA) is 94.0 Å². The summed E-state index contributed by atoms with van der Waals surface area (Å²) in [5, 5.41) is 7.02. The number of hydrogen-bond donors (Lipinski definition) is 2. The average molecular weight is 348 g/mol. The first kappa shape index (κ1) is 16.5. The Morgan fingerprint density at radius 3 is 2.77 bits per heavy atom. The Hall–Kier alpha value is -2.99. The number of hydrogen-bond acceptors (Lipinski definition) is 5. The summed E-state index contributed by atoms with van der Waals surface area (Å²) < 4.78 is 5.35. The summed E-state index contributed by atoms with van der Waals surface area (Å²) in [6.45, 7) is 0.504. The molecule has 6 heteroatoms. The molecule has 1 aliphatic heterocycles. The van der Waals surface area contributed by atoms with Crippen LogP contribution in [0.15, 0.2) is 53.1 Å². The molecule has 6 nitrogen and oxygen atoms in total. The Morgan fingerprint density at radius 2 is 1.96 bits per heavy atom. The van der Waals surface area contributed by atoms with Gasteiger partial charge in [-0.3, -0.25) is 4.79 Å². The smallest absolute Gasteiger partial charge is 0.227 e. The molecule has 0 saturated carbocycles. The third kappa shape index (κ3) is 3.36. The number of fused-ring (bicyclic) bond motifs is 1. The first-order chi connectivity index (χ1) is 12.7. The third-order valence-corrected chi connectivity index (χ3v) is 4.73. The van der Waals surface area contributed by atoms with E-state index >= 15 is 0 Å². The fourth-order valence-electron chi connectivity index (χ4n) is 3.21. The first-order valence-electron chi connectivity index (χ1n) is 8.73. The van der Waals surface area contributed by atoms with Gasteiger partial charge in [-0.2, -0.15) is 4.98 Å². The van der Waals surface area contributed by atoms with Crippen LogP contribution in [0.1, 0.15) is 23.4 Å². The van der Waals surface area contributed by atoms with Gasteiger partial charge in [0.05, 0.1) is 0 Å². The number of benzene rings is 2. The van der Waals surface area contributed by atoms with Crippen LogP contribution in [0.5, 0.6) is 0 Å². The van der Waals surface area contributed by atoms with Crippen LogP contribution in [-0.2, 0) is 24.2 Å². The van der Waals surface area contributed by atoms with Crippen molar-refractivity contribution < 1.29 is 9.32 Å². The van der Waals surface area contributed by atoms with Crippen LogP contribution in [0, 0.1) is 5.92 Å². The van der Waals surface area contributed by atoms with E-state index < -0.39 is 0 Å². The summed E-state index contributed by atoms with van der Waals surface area (Å²) in [7, 11) is 0. The molecule has 0 aliphatic carbocycles. The molecule has 3 aromatic rings. The summed E-state index contributed by atoms with van der Waals surface area (Å²) in [6.07, 6.45) is 1.99. The number of amides is 1. The van der Waals surface area contributed by atoms with Crippen molar-refractivity contribution in [3.8, 4) is 11.4 Å². The molecule has 1 amide bonds. The minimum absolute atomic E-state index is 0.0563. The second kappa shape index (κ2) is 7.09. The number of nitrogens with two attached hydrogens (primary N) is 1. The number of rotatable bonds is 5. The van der Waals surface area contributed by atoms with Crippen LogP contribution >= 0.6 is 0 Å². The maximum atomic E-state index is 12.3. The molecule has 132 valence electrons. The van der Waals surface area contributed by atoms with Crippen LogP contribution in [0.3, 0.4) is 0 Å². The van der Waals surface area contributed by atoms with Gasteiger partial charge in [0, 0.05) is 30.1 Å². The van der Waals surface area contributed by atoms with Crippen molar-refractivity contribution in [1.29, 1.82) is 0 Å². The van der Waals surface area contributed by atoms with E-state index in [1.54, 1.807) is 0 Å². The molecular weight excluding hydrogens is 328 g/mol. The normalized spacial score (nSPS) is 16.2. The van der Waals surface area contributed by atoms with Gasteiger partial charge in [0.15, 0.2) is 0 Å². The fourth-order valence-corrected chi connectivity index (χ4v) is 3.21. The largest absolute Gasteiger partial charge is 0.339 e. The van der Waals surface area contributed by atoms with E-state index in [9.17, 15) is 4.79 Å². The average Bonchev–Trinajstić information content (AvgIpc) is 3.15. The number of anilines is 1. The summed E-state index contributed by atoms with van der Waals surface area (Å²) in [6, 6.07) is 15.7. The summed E-state index contributed by atoms with van der Waals surface area (Å²) >= 11 is 0. The summed E-state index contributed by atoms with van der Waals surface area (Å²) in [5.74, 6) is 1.08. The number of nitrogens with one attached hydrogen (secondary N) is 1. The number of carbonyl (C=O) groups is 1.